The first-order valence-corrected chi connectivity index (χ1v) is 27.5. The van der Waals surface area contributed by atoms with Crippen LogP contribution in [0.15, 0.2) is 35.4 Å². The van der Waals surface area contributed by atoms with Crippen LogP contribution in [0.4, 0.5) is 4.79 Å². The molecule has 1 aromatic carbocycles. The number of aromatic nitrogens is 1. The summed E-state index contributed by atoms with van der Waals surface area (Å²) in [5.41, 5.74) is 0.988. The Hall–Kier alpha value is -7.19. The number of amides is 8. The highest BCUT2D eigenvalue weighted by atomic mass is 32.2. The number of benzene rings is 1. The predicted octanol–water partition coefficient (Wildman–Crippen LogP) is 0.456. The smallest absolute Gasteiger partial charge is 0.407 e. The number of hydrogen-bond donors (Lipinski definition) is 9. The number of rotatable bonds is 15. The maximum Gasteiger partial charge on any atom is 0.407 e. The lowest BCUT2D eigenvalue weighted by Gasteiger charge is -2.32. The van der Waals surface area contributed by atoms with E-state index in [1.54, 1.807) is 32.0 Å². The molecule has 1 aromatic heterocycles. The van der Waals surface area contributed by atoms with Gasteiger partial charge in [0.25, 0.3) is 11.8 Å². The molecular weight excluding hydrogens is 1050 g/mol. The zero-order chi connectivity index (χ0) is 57.7. The molecule has 8 amide bonds. The number of nitrogens with zero attached hydrogens (tertiary/aromatic N) is 2. The van der Waals surface area contributed by atoms with Gasteiger partial charge in [0.1, 0.15) is 29.7 Å². The van der Waals surface area contributed by atoms with Crippen molar-refractivity contribution in [2.24, 2.45) is 23.7 Å². The Kier molecular flexibility index (Phi) is 21.7. The molecular formula is C53H72N8O17S. The van der Waals surface area contributed by atoms with Crippen molar-refractivity contribution in [1.82, 2.24) is 41.4 Å². The summed E-state index contributed by atoms with van der Waals surface area (Å²) < 4.78 is 11.1. The summed E-state index contributed by atoms with van der Waals surface area (Å²) in [5.74, 6) is -13.3. The molecule has 2 aromatic rings. The molecule has 2 bridgehead atoms. The van der Waals surface area contributed by atoms with Gasteiger partial charge in [-0.05, 0) is 49.3 Å². The van der Waals surface area contributed by atoms with E-state index in [1.165, 1.54) is 26.2 Å². The van der Waals surface area contributed by atoms with E-state index in [0.29, 0.717) is 52.9 Å². The highest BCUT2D eigenvalue weighted by Crippen LogP contribution is 2.36. The first-order valence-electron chi connectivity index (χ1n) is 26.5. The molecule has 0 saturated carbocycles. The number of alkyl carbamates (subject to hydrolysis) is 1. The number of carbonyl (C=O) groups excluding carboxylic acids is 11. The Bertz CT molecular complexity index is 2700. The second kappa shape index (κ2) is 28.1. The fourth-order valence-electron chi connectivity index (χ4n) is 10.1. The van der Waals surface area contributed by atoms with Gasteiger partial charge in [0, 0.05) is 87.8 Å². The SMILES string of the molecule is CC[C@H](C)C1NC(=O)CCC(=O)[C@H]2CC(=O)[C@@H]([C@@H](C)[C@@H](O)CO)NC(=O)C3C[C@@H](OC(=O)NCCCCCN4C(=O)C=CC4=O)CN3C(=O)[C@H](CC(=O)O)CC(=O)[C@H](CSc3[nH]c4cc(OC)ccc4c3C2)NC(=O)CNC1=O.[HH]. The van der Waals surface area contributed by atoms with Crippen LogP contribution < -0.4 is 31.3 Å². The lowest BCUT2D eigenvalue weighted by Crippen LogP contribution is -2.56. The number of carbonyl (C=O) groups is 12. The van der Waals surface area contributed by atoms with Gasteiger partial charge < -0.3 is 61.3 Å². The van der Waals surface area contributed by atoms with E-state index in [9.17, 15) is 72.9 Å². The van der Waals surface area contributed by atoms with Crippen molar-refractivity contribution in [2.75, 3.05) is 45.6 Å². The minimum atomic E-state index is -1.70. The standard InChI is InChI=1S/C53H70N8O17S.H2/c1-5-27(2)47-50(74)55-23-43(68)56-36-26-79-51-34(33-10-9-31(77-4)21-35(33)57-51)17-29(38(63)11-12-42(67)58-47)18-40(65)48(28(3)41(66)25-62)59-49(73)37-22-32(24-61(37)52(75)30(19-39(36)64)20-46(71)72)78-53(76)54-15-7-6-8-16-60-44(69)13-14-45(60)70;/h9-10,13-14,21,27-30,32,36-37,41,47-48,57,62,66H,5-8,11-12,15-20,22-26H2,1-4H3,(H,54,76)(H,55,74)(H,56,68)(H,58,67)(H,59,73)(H,71,72);1H/t27-,28-,29+,30-,32+,36-,37?,41-,47?,48+;/m0./s1. The van der Waals surface area contributed by atoms with Crippen LogP contribution in [0.25, 0.3) is 10.9 Å². The van der Waals surface area contributed by atoms with Crippen LogP contribution in [0.5, 0.6) is 5.75 Å². The number of Topliss-reactive ketones (excluding diaryl/α,β-unsaturated/α-hetero) is 3. The van der Waals surface area contributed by atoms with Gasteiger partial charge in [-0.2, -0.15) is 0 Å². The van der Waals surface area contributed by atoms with E-state index in [4.69, 9.17) is 9.47 Å². The number of aromatic amines is 1. The van der Waals surface area contributed by atoms with Crippen molar-refractivity contribution < 1.29 is 83.8 Å². The summed E-state index contributed by atoms with van der Waals surface area (Å²) in [5, 5.41) is 45.3. The predicted molar refractivity (Wildman–Crippen MR) is 283 cm³/mol. The van der Waals surface area contributed by atoms with Crippen molar-refractivity contribution in [2.45, 2.75) is 133 Å². The Labute approximate surface area is 460 Å². The number of ketones is 3. The van der Waals surface area contributed by atoms with Gasteiger partial charge in [-0.25, -0.2) is 4.79 Å². The summed E-state index contributed by atoms with van der Waals surface area (Å²) >= 11 is 1.03. The molecule has 9 N–H and O–H groups in total. The number of thioether (sulfide) groups is 1. The zero-order valence-corrected chi connectivity index (χ0v) is 45.4. The number of aliphatic hydroxyl groups is 2. The number of aliphatic carboxylic acids is 1. The minimum Gasteiger partial charge on any atom is -0.497 e. The average Bonchev–Trinajstić information content (AvgIpc) is 4.22. The van der Waals surface area contributed by atoms with Crippen LogP contribution in [-0.4, -0.2) is 183 Å². The van der Waals surface area contributed by atoms with E-state index in [1.807, 2.05) is 0 Å². The molecule has 10 atom stereocenters. The summed E-state index contributed by atoms with van der Waals surface area (Å²) in [7, 11) is 1.46. The van der Waals surface area contributed by atoms with E-state index < -0.39 is 189 Å². The first-order chi connectivity index (χ1) is 37.6. The fourth-order valence-corrected chi connectivity index (χ4v) is 11.2. The van der Waals surface area contributed by atoms with Crippen LogP contribution in [0, 0.1) is 23.7 Å². The fraction of sp³-hybridized carbons (Fsp3) is 0.585. The summed E-state index contributed by atoms with van der Waals surface area (Å²) in [4.78, 5) is 170. The van der Waals surface area contributed by atoms with Crippen molar-refractivity contribution in [3.05, 3.63) is 35.9 Å². The number of aliphatic hydroxyl groups excluding tert-OH is 2. The normalized spacial score (nSPS) is 25.4. The summed E-state index contributed by atoms with van der Waals surface area (Å²) in [6, 6.07) is -0.849. The topological polar surface area (TPSA) is 366 Å². The van der Waals surface area contributed by atoms with Crippen LogP contribution >= 0.6 is 11.8 Å². The number of methoxy groups -OCH3 is 1. The minimum absolute atomic E-state index is 0. The van der Waals surface area contributed by atoms with Crippen LogP contribution in [-0.2, 0) is 63.9 Å². The van der Waals surface area contributed by atoms with Gasteiger partial charge in [0.05, 0.1) is 67.9 Å². The van der Waals surface area contributed by atoms with Gasteiger partial charge in [-0.1, -0.05) is 27.2 Å². The highest BCUT2D eigenvalue weighted by Gasteiger charge is 2.46. The molecule has 2 unspecified atom stereocenters. The maximum atomic E-state index is 14.9. The molecule has 5 heterocycles. The lowest BCUT2D eigenvalue weighted by molar-refractivity contribution is -0.148. The van der Waals surface area contributed by atoms with E-state index in [-0.39, 0.29) is 26.7 Å². The number of hydrogen-bond acceptors (Lipinski definition) is 17. The summed E-state index contributed by atoms with van der Waals surface area (Å²) in [6.07, 6.45) is -3.47. The van der Waals surface area contributed by atoms with Crippen LogP contribution in [0.2, 0.25) is 0 Å². The average molecular weight is 1130 g/mol. The van der Waals surface area contributed by atoms with Gasteiger partial charge in [0.15, 0.2) is 11.6 Å². The molecule has 1 fully saturated rings. The molecule has 0 radical (unpaired) electrons. The molecule has 432 valence electrons. The van der Waals surface area contributed by atoms with Crippen molar-refractivity contribution in [3.63, 3.8) is 0 Å². The first kappa shape index (κ1) is 61.0. The highest BCUT2D eigenvalue weighted by molar-refractivity contribution is 7.99. The van der Waals surface area contributed by atoms with E-state index >= 15 is 0 Å². The van der Waals surface area contributed by atoms with Crippen molar-refractivity contribution >= 4 is 93.4 Å². The second-order valence-corrected chi connectivity index (χ2v) is 21.5. The molecule has 26 heteroatoms. The van der Waals surface area contributed by atoms with Crippen molar-refractivity contribution in [1.29, 1.82) is 0 Å². The maximum absolute atomic E-state index is 14.9. The third kappa shape index (κ3) is 16.0. The Morgan fingerprint density at radius 1 is 0.873 bits per heavy atom. The zero-order valence-electron chi connectivity index (χ0n) is 44.5. The second-order valence-electron chi connectivity index (χ2n) is 20.4. The third-order valence-electron chi connectivity index (χ3n) is 14.9. The number of ether oxygens (including phenoxy) is 2. The molecule has 0 aliphatic carbocycles. The van der Waals surface area contributed by atoms with E-state index in [2.05, 4.69) is 31.6 Å². The number of fused-ring (bicyclic) bond motifs is 5. The quantitative estimate of drug-likeness (QED) is 0.0864. The number of carboxylic acids is 1. The van der Waals surface area contributed by atoms with E-state index in [0.717, 1.165) is 21.6 Å². The number of H-pyrrole nitrogens is 1. The lowest BCUT2D eigenvalue weighted by atomic mass is 9.83. The number of imide groups is 1. The number of carboxylic acid groups (broad SMARTS) is 1. The Morgan fingerprint density at radius 2 is 1.61 bits per heavy atom. The van der Waals surface area contributed by atoms with Crippen molar-refractivity contribution in [3.8, 4) is 5.75 Å². The Balaban J connectivity index is 0.0000118. The van der Waals surface area contributed by atoms with Crippen LogP contribution in [0.1, 0.15) is 92.0 Å². The monoisotopic (exact) mass is 1120 g/mol. The number of unbranched alkanes of at least 4 members (excludes halogenated alkanes) is 2. The molecule has 79 heavy (non-hydrogen) atoms. The van der Waals surface area contributed by atoms with Gasteiger partial charge in [-0.15, -0.1) is 11.8 Å². The molecule has 4 aliphatic rings. The third-order valence-corrected chi connectivity index (χ3v) is 16.0. The number of nitrogens with one attached hydrogen (secondary N) is 6. The summed E-state index contributed by atoms with van der Waals surface area (Å²) in [6.45, 7) is 3.07. The Morgan fingerprint density at radius 3 is 2.29 bits per heavy atom. The molecule has 1 saturated heterocycles. The van der Waals surface area contributed by atoms with Crippen LogP contribution in [0.3, 0.4) is 0 Å². The van der Waals surface area contributed by atoms with Gasteiger partial charge in [0.2, 0.25) is 29.5 Å². The molecule has 25 nitrogen and oxygen atoms in total. The largest absolute Gasteiger partial charge is 0.497 e. The van der Waals surface area contributed by atoms with Gasteiger partial charge >= 0.3 is 12.1 Å². The molecule has 4 aliphatic heterocycles. The molecule has 0 spiro atoms. The van der Waals surface area contributed by atoms with Gasteiger partial charge in [-0.3, -0.25) is 57.6 Å². The molecule has 6 rings (SSSR count).